The fourth-order valence-corrected chi connectivity index (χ4v) is 1.79. The van der Waals surface area contributed by atoms with E-state index in [0.29, 0.717) is 12.5 Å². The predicted molar refractivity (Wildman–Crippen MR) is 71.0 cm³/mol. The van der Waals surface area contributed by atoms with Crippen molar-refractivity contribution in [3.8, 4) is 0 Å². The molecule has 0 bridgehead atoms. The van der Waals surface area contributed by atoms with Gasteiger partial charge in [0.15, 0.2) is 0 Å². The summed E-state index contributed by atoms with van der Waals surface area (Å²) in [6, 6.07) is 5.26. The van der Waals surface area contributed by atoms with Gasteiger partial charge in [-0.2, -0.15) is 0 Å². The lowest BCUT2D eigenvalue weighted by molar-refractivity contribution is 0.241. The van der Waals surface area contributed by atoms with E-state index in [0.717, 1.165) is 26.2 Å². The van der Waals surface area contributed by atoms with Crippen molar-refractivity contribution < 1.29 is 0 Å². The molecule has 1 heterocycles. The number of rotatable bonds is 7. The van der Waals surface area contributed by atoms with Crippen molar-refractivity contribution >= 4 is 0 Å². The average molecular weight is 237 g/mol. The van der Waals surface area contributed by atoms with Gasteiger partial charge in [0, 0.05) is 31.9 Å². The second-order valence-corrected chi connectivity index (χ2v) is 4.47. The van der Waals surface area contributed by atoms with Gasteiger partial charge in [-0.1, -0.05) is 19.9 Å². The zero-order valence-electron chi connectivity index (χ0n) is 10.8. The van der Waals surface area contributed by atoms with Crippen LogP contribution in [0, 0.1) is 5.92 Å². The minimum atomic E-state index is 0.0652. The summed E-state index contributed by atoms with van der Waals surface area (Å²) in [4.78, 5) is 13.9. The van der Waals surface area contributed by atoms with Crippen molar-refractivity contribution in [1.29, 1.82) is 0 Å². The van der Waals surface area contributed by atoms with E-state index < -0.39 is 0 Å². The second-order valence-electron chi connectivity index (χ2n) is 4.47. The molecule has 17 heavy (non-hydrogen) atoms. The van der Waals surface area contributed by atoms with Gasteiger partial charge >= 0.3 is 0 Å². The van der Waals surface area contributed by atoms with Gasteiger partial charge in [-0.3, -0.25) is 4.79 Å². The molecule has 0 radical (unpaired) electrons. The topological polar surface area (TPSA) is 51.3 Å². The number of nitrogens with zero attached hydrogens (tertiary/aromatic N) is 2. The van der Waals surface area contributed by atoms with E-state index in [2.05, 4.69) is 18.7 Å². The van der Waals surface area contributed by atoms with E-state index in [1.807, 2.05) is 12.3 Å². The molecule has 0 aliphatic carbocycles. The number of aromatic nitrogens is 1. The lowest BCUT2D eigenvalue weighted by atomic mass is 10.1. The standard InChI is InChI=1S/C13H23N3O/c1-3-15(11-12(2)10-14)8-9-16-7-5-4-6-13(16)17/h4-7,12H,3,8-11,14H2,1-2H3. The lowest BCUT2D eigenvalue weighted by Crippen LogP contribution is -2.35. The predicted octanol–water partition coefficient (Wildman–Crippen LogP) is 0.765. The molecule has 1 aromatic heterocycles. The Bertz CT molecular complexity index is 375. The molecule has 0 saturated heterocycles. The van der Waals surface area contributed by atoms with Crippen LogP contribution in [0.15, 0.2) is 29.2 Å². The van der Waals surface area contributed by atoms with Crippen LogP contribution in [0.3, 0.4) is 0 Å². The number of hydrogen-bond donors (Lipinski definition) is 1. The third kappa shape index (κ3) is 4.71. The Labute approximate surface area is 103 Å². The molecule has 0 aliphatic heterocycles. The van der Waals surface area contributed by atoms with Gasteiger partial charge in [0.05, 0.1) is 0 Å². The Morgan fingerprint density at radius 3 is 2.82 bits per heavy atom. The molecule has 0 fully saturated rings. The number of likely N-dealkylation sites (N-methyl/N-ethyl adjacent to an activating group) is 1. The third-order valence-electron chi connectivity index (χ3n) is 2.98. The van der Waals surface area contributed by atoms with Crippen LogP contribution in [0.25, 0.3) is 0 Å². The highest BCUT2D eigenvalue weighted by Gasteiger charge is 2.07. The van der Waals surface area contributed by atoms with E-state index in [1.54, 1.807) is 16.7 Å². The fourth-order valence-electron chi connectivity index (χ4n) is 1.79. The van der Waals surface area contributed by atoms with Crippen molar-refractivity contribution in [3.05, 3.63) is 34.7 Å². The molecule has 1 atom stereocenters. The van der Waals surface area contributed by atoms with Crippen LogP contribution in [0.4, 0.5) is 0 Å². The maximum absolute atomic E-state index is 11.5. The minimum absolute atomic E-state index is 0.0652. The molecule has 1 aromatic rings. The minimum Gasteiger partial charge on any atom is -0.330 e. The summed E-state index contributed by atoms with van der Waals surface area (Å²) in [5.41, 5.74) is 5.69. The zero-order chi connectivity index (χ0) is 12.7. The summed E-state index contributed by atoms with van der Waals surface area (Å²) in [6.07, 6.45) is 1.84. The SMILES string of the molecule is CCN(CCn1ccccc1=O)CC(C)CN. The summed E-state index contributed by atoms with van der Waals surface area (Å²) < 4.78 is 1.75. The van der Waals surface area contributed by atoms with Gasteiger partial charge in [-0.15, -0.1) is 0 Å². The molecular weight excluding hydrogens is 214 g/mol. The van der Waals surface area contributed by atoms with Crippen molar-refractivity contribution in [3.63, 3.8) is 0 Å². The van der Waals surface area contributed by atoms with Gasteiger partial charge in [0.25, 0.3) is 5.56 Å². The largest absolute Gasteiger partial charge is 0.330 e. The fraction of sp³-hybridized carbons (Fsp3) is 0.615. The molecule has 0 saturated carbocycles. The van der Waals surface area contributed by atoms with Crippen LogP contribution >= 0.6 is 0 Å². The van der Waals surface area contributed by atoms with Crippen molar-refractivity contribution in [2.24, 2.45) is 11.7 Å². The van der Waals surface area contributed by atoms with Crippen LogP contribution in [-0.4, -0.2) is 35.6 Å². The van der Waals surface area contributed by atoms with E-state index >= 15 is 0 Å². The highest BCUT2D eigenvalue weighted by molar-refractivity contribution is 4.93. The maximum Gasteiger partial charge on any atom is 0.250 e. The molecule has 2 N–H and O–H groups in total. The molecule has 0 spiro atoms. The summed E-state index contributed by atoms with van der Waals surface area (Å²) in [6.45, 7) is 8.62. The summed E-state index contributed by atoms with van der Waals surface area (Å²) in [5.74, 6) is 0.502. The van der Waals surface area contributed by atoms with Crippen molar-refractivity contribution in [1.82, 2.24) is 9.47 Å². The van der Waals surface area contributed by atoms with Gasteiger partial charge in [-0.05, 0) is 25.1 Å². The highest BCUT2D eigenvalue weighted by atomic mass is 16.1. The van der Waals surface area contributed by atoms with Crippen LogP contribution < -0.4 is 11.3 Å². The molecule has 0 aliphatic rings. The summed E-state index contributed by atoms with van der Waals surface area (Å²) in [5, 5.41) is 0. The lowest BCUT2D eigenvalue weighted by Gasteiger charge is -2.23. The van der Waals surface area contributed by atoms with Gasteiger partial charge in [-0.25, -0.2) is 0 Å². The molecular formula is C13H23N3O. The first kappa shape index (κ1) is 13.9. The average Bonchev–Trinajstić information content (AvgIpc) is 2.35. The Hall–Kier alpha value is -1.13. The summed E-state index contributed by atoms with van der Waals surface area (Å²) in [7, 11) is 0. The maximum atomic E-state index is 11.5. The highest BCUT2D eigenvalue weighted by Crippen LogP contribution is 1.98. The van der Waals surface area contributed by atoms with Crippen LogP contribution in [-0.2, 0) is 6.54 Å². The second kappa shape index (κ2) is 7.25. The number of nitrogens with two attached hydrogens (primary N) is 1. The first-order chi connectivity index (χ1) is 8.17. The van der Waals surface area contributed by atoms with E-state index in [1.165, 1.54) is 0 Å². The molecule has 1 rings (SSSR count). The Balaban J connectivity index is 2.48. The summed E-state index contributed by atoms with van der Waals surface area (Å²) >= 11 is 0. The van der Waals surface area contributed by atoms with Crippen LogP contribution in [0.1, 0.15) is 13.8 Å². The molecule has 1 unspecified atom stereocenters. The quantitative estimate of drug-likeness (QED) is 0.762. The van der Waals surface area contributed by atoms with Gasteiger partial charge < -0.3 is 15.2 Å². The smallest absolute Gasteiger partial charge is 0.250 e. The van der Waals surface area contributed by atoms with E-state index in [-0.39, 0.29) is 5.56 Å². The molecule has 96 valence electrons. The number of pyridine rings is 1. The first-order valence-corrected chi connectivity index (χ1v) is 6.25. The van der Waals surface area contributed by atoms with Crippen molar-refractivity contribution in [2.45, 2.75) is 20.4 Å². The van der Waals surface area contributed by atoms with Gasteiger partial charge in [0.1, 0.15) is 0 Å². The molecule has 4 nitrogen and oxygen atoms in total. The van der Waals surface area contributed by atoms with E-state index in [4.69, 9.17) is 5.73 Å². The van der Waals surface area contributed by atoms with Crippen LogP contribution in [0.2, 0.25) is 0 Å². The zero-order valence-corrected chi connectivity index (χ0v) is 10.8. The molecule has 0 amide bonds. The third-order valence-corrected chi connectivity index (χ3v) is 2.98. The monoisotopic (exact) mass is 237 g/mol. The Morgan fingerprint density at radius 1 is 1.47 bits per heavy atom. The van der Waals surface area contributed by atoms with Crippen LogP contribution in [0.5, 0.6) is 0 Å². The van der Waals surface area contributed by atoms with Gasteiger partial charge in [0.2, 0.25) is 0 Å². The first-order valence-electron chi connectivity index (χ1n) is 6.25. The Kier molecular flexibility index (Phi) is 5.94. The normalized spacial score (nSPS) is 12.9. The number of hydrogen-bond acceptors (Lipinski definition) is 3. The van der Waals surface area contributed by atoms with E-state index in [9.17, 15) is 4.79 Å². The van der Waals surface area contributed by atoms with Crippen molar-refractivity contribution in [2.75, 3.05) is 26.2 Å². The Morgan fingerprint density at radius 2 is 2.24 bits per heavy atom. The molecule has 0 aromatic carbocycles. The molecule has 4 heteroatoms.